The van der Waals surface area contributed by atoms with E-state index in [0.29, 0.717) is 11.3 Å². The lowest BCUT2D eigenvalue weighted by molar-refractivity contribution is -0.115. The normalized spacial score (nSPS) is 9.72. The van der Waals surface area contributed by atoms with Crippen molar-refractivity contribution in [3.8, 4) is 0 Å². The highest BCUT2D eigenvalue weighted by Crippen LogP contribution is 2.16. The summed E-state index contributed by atoms with van der Waals surface area (Å²) in [7, 11) is 2.87. The number of likely N-dealkylation sites (N-methyl/N-ethyl adjacent to an activating group) is 1. The predicted octanol–water partition coefficient (Wildman–Crippen LogP) is 0.985. The maximum absolute atomic E-state index is 11.7. The van der Waals surface area contributed by atoms with Gasteiger partial charge < -0.3 is 14.7 Å². The molecule has 0 aromatic heterocycles. The van der Waals surface area contributed by atoms with Crippen molar-refractivity contribution in [2.45, 2.75) is 0 Å². The third-order valence-electron chi connectivity index (χ3n) is 2.47. The fraction of sp³-hybridized carbons (Fsp3) is 0.231. The van der Waals surface area contributed by atoms with Gasteiger partial charge in [0, 0.05) is 18.3 Å². The number of rotatable bonds is 4. The maximum atomic E-state index is 11.7. The van der Waals surface area contributed by atoms with E-state index in [2.05, 4.69) is 11.3 Å². The molecular weight excluding hydrogens is 234 g/mol. The lowest BCUT2D eigenvalue weighted by Crippen LogP contribution is -2.28. The van der Waals surface area contributed by atoms with Gasteiger partial charge in [0.05, 0.1) is 19.3 Å². The monoisotopic (exact) mass is 249 g/mol. The first-order chi connectivity index (χ1) is 8.51. The van der Waals surface area contributed by atoms with Crippen LogP contribution in [0.2, 0.25) is 0 Å². The van der Waals surface area contributed by atoms with Gasteiger partial charge in [0.25, 0.3) is 5.91 Å². The average Bonchev–Trinajstić information content (AvgIpc) is 2.44. The summed E-state index contributed by atoms with van der Waals surface area (Å²) in [5.41, 5.74) is 1.11. The molecule has 0 unspecified atom stereocenters. The van der Waals surface area contributed by atoms with Crippen LogP contribution in [0.1, 0.15) is 10.4 Å². The van der Waals surface area contributed by atoms with Crippen LogP contribution in [-0.4, -0.2) is 37.7 Å². The van der Waals surface area contributed by atoms with Crippen LogP contribution in [0.15, 0.2) is 36.4 Å². The summed E-state index contributed by atoms with van der Waals surface area (Å²) in [5.74, 6) is -0.807. The van der Waals surface area contributed by atoms with Crippen LogP contribution in [-0.2, 0) is 9.53 Å². The summed E-state index contributed by atoms with van der Waals surface area (Å²) in [6.07, 6.45) is 0. The summed E-state index contributed by atoms with van der Waals surface area (Å²) in [4.78, 5) is 24.3. The molecule has 0 heterocycles. The molecule has 0 atom stereocenters. The Hall–Kier alpha value is -2.14. The van der Waals surface area contributed by atoms with Crippen molar-refractivity contribution in [1.82, 2.24) is 0 Å². The highest BCUT2D eigenvalue weighted by Gasteiger charge is 2.14. The summed E-state index contributed by atoms with van der Waals surface area (Å²) >= 11 is 0. The summed E-state index contributed by atoms with van der Waals surface area (Å²) in [5, 5.41) is 8.84. The summed E-state index contributed by atoms with van der Waals surface area (Å²) < 4.78 is 4.57. The second-order valence-corrected chi connectivity index (χ2v) is 3.66. The first-order valence-corrected chi connectivity index (χ1v) is 5.26. The average molecular weight is 249 g/mol. The van der Waals surface area contributed by atoms with Gasteiger partial charge in [0.15, 0.2) is 0 Å². The van der Waals surface area contributed by atoms with Crippen molar-refractivity contribution >= 4 is 17.6 Å². The molecule has 1 aromatic carbocycles. The Bertz CT molecular complexity index is 464. The van der Waals surface area contributed by atoms with Crippen LogP contribution in [0.3, 0.4) is 0 Å². The molecule has 1 aromatic rings. The van der Waals surface area contributed by atoms with Crippen LogP contribution in [0, 0.1) is 0 Å². The number of carbonyl (C=O) groups is 2. The number of hydrogen-bond acceptors (Lipinski definition) is 4. The summed E-state index contributed by atoms with van der Waals surface area (Å²) in [6.45, 7) is 3.08. The Balaban J connectivity index is 2.88. The quantitative estimate of drug-likeness (QED) is 0.638. The molecule has 0 aliphatic rings. The number of aliphatic hydroxyl groups excluding tert-OH is 1. The molecule has 0 fully saturated rings. The number of carbonyl (C=O) groups excluding carboxylic acids is 2. The number of benzene rings is 1. The second-order valence-electron chi connectivity index (χ2n) is 3.66. The Kier molecular flexibility index (Phi) is 4.62. The fourth-order valence-electron chi connectivity index (χ4n) is 1.36. The molecular formula is C13H15NO4. The minimum Gasteiger partial charge on any atom is -0.465 e. The van der Waals surface area contributed by atoms with Crippen LogP contribution >= 0.6 is 0 Å². The number of aliphatic hydroxyl groups is 1. The topological polar surface area (TPSA) is 66.8 Å². The van der Waals surface area contributed by atoms with Crippen molar-refractivity contribution < 1.29 is 19.4 Å². The molecule has 0 saturated carbocycles. The van der Waals surface area contributed by atoms with Crippen LogP contribution in [0.25, 0.3) is 0 Å². The van der Waals surface area contributed by atoms with E-state index in [4.69, 9.17) is 5.11 Å². The van der Waals surface area contributed by atoms with Gasteiger partial charge in [0.1, 0.15) is 0 Å². The molecule has 18 heavy (non-hydrogen) atoms. The Morgan fingerprint density at radius 2 is 1.89 bits per heavy atom. The van der Waals surface area contributed by atoms with Crippen molar-refractivity contribution in [1.29, 1.82) is 0 Å². The minimum absolute atomic E-state index is 0.106. The van der Waals surface area contributed by atoms with Crippen molar-refractivity contribution in [2.24, 2.45) is 0 Å². The van der Waals surface area contributed by atoms with Crippen molar-refractivity contribution in [3.05, 3.63) is 42.0 Å². The molecule has 0 saturated heterocycles. The highest BCUT2D eigenvalue weighted by atomic mass is 16.5. The molecule has 0 aliphatic heterocycles. The Morgan fingerprint density at radius 1 is 1.33 bits per heavy atom. The smallest absolute Gasteiger partial charge is 0.337 e. The molecule has 5 heteroatoms. The number of anilines is 1. The number of ether oxygens (including phenoxy) is 1. The zero-order valence-electron chi connectivity index (χ0n) is 10.3. The van der Waals surface area contributed by atoms with E-state index >= 15 is 0 Å². The number of nitrogens with zero attached hydrogens (tertiary/aromatic N) is 1. The van der Waals surface area contributed by atoms with Gasteiger partial charge >= 0.3 is 5.97 Å². The molecule has 0 aliphatic carbocycles. The lowest BCUT2D eigenvalue weighted by Gasteiger charge is -2.18. The molecule has 96 valence electrons. The van der Waals surface area contributed by atoms with Gasteiger partial charge in [-0.15, -0.1) is 0 Å². The van der Waals surface area contributed by atoms with E-state index in [1.165, 1.54) is 12.0 Å². The third kappa shape index (κ3) is 2.95. The lowest BCUT2D eigenvalue weighted by atomic mass is 10.2. The first kappa shape index (κ1) is 13.9. The number of amides is 1. The highest BCUT2D eigenvalue weighted by molar-refractivity contribution is 6.05. The molecule has 0 bridgehead atoms. The SMILES string of the molecule is C=C(CO)C(=O)N(C)c1ccc(C(=O)OC)cc1. The first-order valence-electron chi connectivity index (χ1n) is 5.26. The van der Waals surface area contributed by atoms with Gasteiger partial charge in [-0.05, 0) is 24.3 Å². The Labute approximate surface area is 105 Å². The number of esters is 1. The maximum Gasteiger partial charge on any atom is 0.337 e. The Morgan fingerprint density at radius 3 is 2.33 bits per heavy atom. The van der Waals surface area contributed by atoms with E-state index in [-0.39, 0.29) is 18.1 Å². The molecule has 0 radical (unpaired) electrons. The molecule has 1 rings (SSSR count). The van der Waals surface area contributed by atoms with Crippen LogP contribution in [0.5, 0.6) is 0 Å². The minimum atomic E-state index is -0.435. The van der Waals surface area contributed by atoms with Gasteiger partial charge in [0.2, 0.25) is 0 Å². The van der Waals surface area contributed by atoms with Gasteiger partial charge in [-0.25, -0.2) is 4.79 Å². The van der Waals surface area contributed by atoms with Crippen LogP contribution in [0.4, 0.5) is 5.69 Å². The zero-order valence-corrected chi connectivity index (χ0v) is 10.3. The van der Waals surface area contributed by atoms with Gasteiger partial charge in [-0.2, -0.15) is 0 Å². The summed E-state index contributed by atoms with van der Waals surface area (Å²) in [6, 6.07) is 6.36. The van der Waals surface area contributed by atoms with E-state index in [1.54, 1.807) is 31.3 Å². The predicted molar refractivity (Wildman–Crippen MR) is 67.4 cm³/mol. The molecule has 0 spiro atoms. The molecule has 1 N–H and O–H groups in total. The molecule has 1 amide bonds. The molecule has 5 nitrogen and oxygen atoms in total. The van der Waals surface area contributed by atoms with Gasteiger partial charge in [-0.1, -0.05) is 6.58 Å². The van der Waals surface area contributed by atoms with Crippen molar-refractivity contribution in [2.75, 3.05) is 25.7 Å². The van der Waals surface area contributed by atoms with Crippen LogP contribution < -0.4 is 4.90 Å². The van der Waals surface area contributed by atoms with Gasteiger partial charge in [-0.3, -0.25) is 4.79 Å². The zero-order chi connectivity index (χ0) is 13.7. The largest absolute Gasteiger partial charge is 0.465 e. The number of hydrogen-bond donors (Lipinski definition) is 1. The number of methoxy groups -OCH3 is 1. The van der Waals surface area contributed by atoms with E-state index in [1.807, 2.05) is 0 Å². The second kappa shape index (κ2) is 5.97. The standard InChI is InChI=1S/C13H15NO4/c1-9(8-15)12(16)14(2)11-6-4-10(5-7-11)13(17)18-3/h4-7,15H,1,8H2,2-3H3. The fourth-order valence-corrected chi connectivity index (χ4v) is 1.36. The van der Waals surface area contributed by atoms with E-state index in [9.17, 15) is 9.59 Å². The van der Waals surface area contributed by atoms with Crippen molar-refractivity contribution in [3.63, 3.8) is 0 Å². The third-order valence-corrected chi connectivity index (χ3v) is 2.47. The van der Waals surface area contributed by atoms with E-state index < -0.39 is 5.97 Å². The van der Waals surface area contributed by atoms with E-state index in [0.717, 1.165) is 0 Å².